The van der Waals surface area contributed by atoms with Crippen LogP contribution in [0.5, 0.6) is 5.75 Å². The Bertz CT molecular complexity index is 1020. The molecular weight excluding hydrogens is 384 g/mol. The molecule has 0 radical (unpaired) electrons. The molecule has 1 heterocycles. The highest BCUT2D eigenvalue weighted by Crippen LogP contribution is 2.36. The topological polar surface area (TPSA) is 105 Å². The average molecular weight is 408 g/mol. The molecule has 4 unspecified atom stereocenters. The quantitative estimate of drug-likeness (QED) is 0.600. The summed E-state index contributed by atoms with van der Waals surface area (Å²) in [4.78, 5) is 13.2. The van der Waals surface area contributed by atoms with Crippen molar-refractivity contribution in [3.05, 3.63) is 71.5 Å². The van der Waals surface area contributed by atoms with Gasteiger partial charge in [0.2, 0.25) is 0 Å². The number of aliphatic hydroxyl groups is 2. The highest BCUT2D eigenvalue weighted by Gasteiger charge is 2.43. The molecule has 0 aliphatic heterocycles. The van der Waals surface area contributed by atoms with Crippen LogP contribution in [-0.4, -0.2) is 46.6 Å². The maximum atomic E-state index is 13.2. The normalized spacial score (nSPS) is 23.3. The zero-order chi connectivity index (χ0) is 21.3. The van der Waals surface area contributed by atoms with Gasteiger partial charge in [-0.05, 0) is 31.0 Å². The number of methoxy groups -OCH3 is 1. The first-order chi connectivity index (χ1) is 14.5. The van der Waals surface area contributed by atoms with Gasteiger partial charge in [-0.2, -0.15) is 0 Å². The maximum Gasteiger partial charge on any atom is 0.257 e. The fourth-order valence-corrected chi connectivity index (χ4v) is 4.06. The maximum absolute atomic E-state index is 13.2. The minimum Gasteiger partial charge on any atom is -0.497 e. The van der Waals surface area contributed by atoms with Crippen molar-refractivity contribution in [1.29, 1.82) is 0 Å². The predicted molar refractivity (Wildman–Crippen MR) is 110 cm³/mol. The third-order valence-electron chi connectivity index (χ3n) is 5.67. The zero-order valence-electron chi connectivity index (χ0n) is 16.8. The molecule has 1 amide bonds. The van der Waals surface area contributed by atoms with Crippen molar-refractivity contribution in [2.45, 2.75) is 37.5 Å². The van der Waals surface area contributed by atoms with Gasteiger partial charge in [-0.25, -0.2) is 0 Å². The zero-order valence-corrected chi connectivity index (χ0v) is 16.8. The van der Waals surface area contributed by atoms with Gasteiger partial charge in [0.25, 0.3) is 5.91 Å². The van der Waals surface area contributed by atoms with E-state index in [2.05, 4.69) is 10.5 Å². The molecule has 0 saturated heterocycles. The summed E-state index contributed by atoms with van der Waals surface area (Å²) >= 11 is 0. The molecule has 1 aromatic heterocycles. The predicted octanol–water partition coefficient (Wildman–Crippen LogP) is 2.67. The lowest BCUT2D eigenvalue weighted by atomic mass is 9.93. The fraction of sp³-hybridized carbons (Fsp3) is 0.304. The minimum atomic E-state index is -1.08. The molecule has 1 fully saturated rings. The second-order valence-corrected chi connectivity index (χ2v) is 7.50. The van der Waals surface area contributed by atoms with Crippen LogP contribution in [0, 0.1) is 6.92 Å². The van der Waals surface area contributed by atoms with E-state index in [1.165, 1.54) is 0 Å². The Morgan fingerprint density at radius 1 is 1.13 bits per heavy atom. The van der Waals surface area contributed by atoms with Crippen LogP contribution >= 0.6 is 0 Å². The molecule has 4 atom stereocenters. The van der Waals surface area contributed by atoms with Crippen molar-refractivity contribution >= 4 is 5.91 Å². The first-order valence-electron chi connectivity index (χ1n) is 9.82. The molecule has 1 saturated carbocycles. The number of hydrogen-bond donors (Lipinski definition) is 3. The number of hydrogen-bond acceptors (Lipinski definition) is 6. The summed E-state index contributed by atoms with van der Waals surface area (Å²) in [6.07, 6.45) is -1.67. The highest BCUT2D eigenvalue weighted by atomic mass is 16.5. The lowest BCUT2D eigenvalue weighted by molar-refractivity contribution is 0.0294. The summed E-state index contributed by atoms with van der Waals surface area (Å²) in [5, 5.41) is 27.8. The van der Waals surface area contributed by atoms with Crippen molar-refractivity contribution in [3.63, 3.8) is 0 Å². The van der Waals surface area contributed by atoms with E-state index in [-0.39, 0.29) is 5.92 Å². The van der Waals surface area contributed by atoms with Gasteiger partial charge in [-0.15, -0.1) is 0 Å². The van der Waals surface area contributed by atoms with Crippen molar-refractivity contribution in [2.24, 2.45) is 0 Å². The molecular formula is C23H24N2O5. The van der Waals surface area contributed by atoms with Gasteiger partial charge >= 0.3 is 0 Å². The van der Waals surface area contributed by atoms with E-state index in [0.717, 1.165) is 11.1 Å². The van der Waals surface area contributed by atoms with Crippen molar-refractivity contribution < 1.29 is 24.3 Å². The number of carbonyl (C=O) groups is 1. The van der Waals surface area contributed by atoms with E-state index >= 15 is 0 Å². The second kappa shape index (κ2) is 8.30. The van der Waals surface area contributed by atoms with Crippen molar-refractivity contribution in [1.82, 2.24) is 10.5 Å². The first-order valence-corrected chi connectivity index (χ1v) is 9.82. The number of aryl methyl sites for hydroxylation is 1. The number of amides is 1. The summed E-state index contributed by atoms with van der Waals surface area (Å²) in [6, 6.07) is 16.1. The van der Waals surface area contributed by atoms with Gasteiger partial charge in [0.05, 0.1) is 19.3 Å². The number of rotatable bonds is 5. The molecule has 7 heteroatoms. The van der Waals surface area contributed by atoms with Crippen molar-refractivity contribution in [3.8, 4) is 17.0 Å². The third-order valence-corrected chi connectivity index (χ3v) is 5.67. The molecule has 1 aliphatic rings. The third kappa shape index (κ3) is 3.69. The van der Waals surface area contributed by atoms with Crippen molar-refractivity contribution in [2.75, 3.05) is 7.11 Å². The summed E-state index contributed by atoms with van der Waals surface area (Å²) in [5.41, 5.74) is 2.43. The smallest absolute Gasteiger partial charge is 0.257 e. The van der Waals surface area contributed by atoms with E-state index in [1.807, 2.05) is 54.6 Å². The summed E-state index contributed by atoms with van der Waals surface area (Å²) in [5.74, 6) is 0.459. The molecule has 1 aliphatic carbocycles. The van der Waals surface area contributed by atoms with Gasteiger partial charge in [-0.3, -0.25) is 4.79 Å². The Morgan fingerprint density at radius 2 is 1.83 bits per heavy atom. The second-order valence-electron chi connectivity index (χ2n) is 7.50. The number of aliphatic hydroxyl groups excluding tert-OH is 2. The molecule has 7 nitrogen and oxygen atoms in total. The number of benzene rings is 2. The minimum absolute atomic E-state index is 0.245. The molecule has 2 aromatic carbocycles. The van der Waals surface area contributed by atoms with Gasteiger partial charge in [0.1, 0.15) is 28.9 Å². The van der Waals surface area contributed by atoms with E-state index < -0.39 is 24.2 Å². The van der Waals surface area contributed by atoms with Crippen LogP contribution in [0.25, 0.3) is 11.3 Å². The number of ether oxygens (including phenoxy) is 1. The van der Waals surface area contributed by atoms with Crippen LogP contribution in [0.2, 0.25) is 0 Å². The SMILES string of the molecule is COc1ccc(C2CC(O)C(O)C2NC(=O)c2c(-c3ccccc3)noc2C)cc1. The van der Waals surface area contributed by atoms with Crippen LogP contribution in [0.4, 0.5) is 0 Å². The molecule has 0 bridgehead atoms. The number of nitrogens with zero attached hydrogens (tertiary/aromatic N) is 1. The van der Waals surface area contributed by atoms with Crippen LogP contribution in [0.3, 0.4) is 0 Å². The fourth-order valence-electron chi connectivity index (χ4n) is 4.06. The van der Waals surface area contributed by atoms with Crippen LogP contribution < -0.4 is 10.1 Å². The molecule has 3 N–H and O–H groups in total. The van der Waals surface area contributed by atoms with Gasteiger partial charge < -0.3 is 24.8 Å². The van der Waals surface area contributed by atoms with Gasteiger partial charge in [0, 0.05) is 11.5 Å². The standard InChI is InChI=1S/C23H24N2O5/c1-13-19(20(25-30-13)15-6-4-3-5-7-15)23(28)24-21-17(12-18(26)22(21)27)14-8-10-16(29-2)11-9-14/h3-11,17-18,21-22,26-27H,12H2,1-2H3,(H,24,28). The van der Waals surface area contributed by atoms with Crippen LogP contribution in [-0.2, 0) is 0 Å². The lowest BCUT2D eigenvalue weighted by Crippen LogP contribution is -2.45. The summed E-state index contributed by atoms with van der Waals surface area (Å²) < 4.78 is 10.5. The Balaban J connectivity index is 1.62. The Morgan fingerprint density at radius 3 is 2.50 bits per heavy atom. The van der Waals surface area contributed by atoms with E-state index in [1.54, 1.807) is 14.0 Å². The molecule has 4 rings (SSSR count). The number of nitrogens with one attached hydrogen (secondary N) is 1. The summed E-state index contributed by atoms with van der Waals surface area (Å²) in [6.45, 7) is 1.68. The highest BCUT2D eigenvalue weighted by molar-refractivity contribution is 6.01. The Hall–Kier alpha value is -3.16. The van der Waals surface area contributed by atoms with Gasteiger partial charge in [-0.1, -0.05) is 47.6 Å². The Labute approximate surface area is 174 Å². The molecule has 0 spiro atoms. The number of carbonyl (C=O) groups excluding carboxylic acids is 1. The molecule has 30 heavy (non-hydrogen) atoms. The number of aromatic nitrogens is 1. The molecule has 156 valence electrons. The van der Waals surface area contributed by atoms with Crippen LogP contribution in [0.15, 0.2) is 59.1 Å². The van der Waals surface area contributed by atoms with E-state index in [9.17, 15) is 15.0 Å². The van der Waals surface area contributed by atoms with Crippen LogP contribution in [0.1, 0.15) is 34.0 Å². The largest absolute Gasteiger partial charge is 0.497 e. The summed E-state index contributed by atoms with van der Waals surface area (Å²) in [7, 11) is 1.59. The monoisotopic (exact) mass is 408 g/mol. The average Bonchev–Trinajstić information content (AvgIpc) is 3.29. The van der Waals surface area contributed by atoms with E-state index in [4.69, 9.17) is 9.26 Å². The van der Waals surface area contributed by atoms with E-state index in [0.29, 0.717) is 29.2 Å². The molecule has 3 aromatic rings. The Kier molecular flexibility index (Phi) is 5.57. The lowest BCUT2D eigenvalue weighted by Gasteiger charge is -2.24. The van der Waals surface area contributed by atoms with Gasteiger partial charge in [0.15, 0.2) is 0 Å². The first kappa shape index (κ1) is 20.1.